The minimum absolute atomic E-state index is 0.00762. The molecule has 12 aromatic rings. The molecule has 0 aliphatic carbocycles. The first kappa shape index (κ1) is 47.5. The molecule has 0 bridgehead atoms. The van der Waals surface area contributed by atoms with Gasteiger partial charge in [0.15, 0.2) is 0 Å². The van der Waals surface area contributed by atoms with E-state index in [1.54, 1.807) is 0 Å². The smallest absolute Gasteiger partial charge is 0.0606 e. The number of fused-ring (bicyclic) bond motifs is 8. The van der Waals surface area contributed by atoms with Crippen LogP contribution in [0.4, 0.5) is 0 Å². The van der Waals surface area contributed by atoms with E-state index in [1.807, 2.05) is 0 Å². The second-order valence-electron chi connectivity index (χ2n) is 25.3. The molecule has 0 fully saturated rings. The van der Waals surface area contributed by atoms with Gasteiger partial charge in [0, 0.05) is 75.8 Å². The van der Waals surface area contributed by atoms with Crippen LogP contribution in [0.3, 0.4) is 0 Å². The molecule has 0 saturated heterocycles. The zero-order valence-corrected chi connectivity index (χ0v) is 45.5. The third kappa shape index (κ3) is 7.80. The van der Waals surface area contributed by atoms with Gasteiger partial charge in [-0.05, 0) is 190 Å². The van der Waals surface area contributed by atoms with Gasteiger partial charge in [0.05, 0.1) is 43.8 Å². The van der Waals surface area contributed by atoms with Crippen molar-refractivity contribution < 1.29 is 0 Å². The van der Waals surface area contributed by atoms with Gasteiger partial charge >= 0.3 is 0 Å². The molecule has 362 valence electrons. The Labute approximate surface area is 438 Å². The fourth-order valence-electron chi connectivity index (χ4n) is 12.1. The predicted molar refractivity (Wildman–Crippen MR) is 326 cm³/mol. The minimum Gasteiger partial charge on any atom is -0.0606 e. The van der Waals surface area contributed by atoms with Crippen molar-refractivity contribution >= 4 is 86.2 Å². The molecule has 12 rings (SSSR count). The second-order valence-corrected chi connectivity index (χ2v) is 25.3. The summed E-state index contributed by atoms with van der Waals surface area (Å²) in [6, 6.07) is 75.4. The molecule has 0 heteroatoms. The van der Waals surface area contributed by atoms with Crippen molar-refractivity contribution in [2.45, 2.75) is 105 Å². The Kier molecular flexibility index (Phi) is 10.9. The van der Waals surface area contributed by atoms with Crippen LogP contribution in [0.15, 0.2) is 194 Å². The minimum atomic E-state index is 0.00762. The molecule has 0 heterocycles. The van der Waals surface area contributed by atoms with E-state index in [-0.39, 0.29) is 21.7 Å². The van der Waals surface area contributed by atoms with Gasteiger partial charge in [0.25, 0.3) is 0 Å². The van der Waals surface area contributed by atoms with Crippen molar-refractivity contribution in [3.05, 3.63) is 216 Å². The topological polar surface area (TPSA) is 0 Å². The highest BCUT2D eigenvalue weighted by atomic mass is 14.3. The molecule has 0 aromatic heterocycles. The van der Waals surface area contributed by atoms with E-state index in [0.29, 0.717) is 0 Å². The summed E-state index contributed by atoms with van der Waals surface area (Å²) in [5.74, 6) is 0. The molecule has 0 aliphatic heterocycles. The zero-order chi connectivity index (χ0) is 51.6. The molecular weight excluding hydrogens is 889 g/mol. The van der Waals surface area contributed by atoms with Gasteiger partial charge in [-0.1, -0.05) is 132 Å². The van der Waals surface area contributed by atoms with Crippen LogP contribution in [0.25, 0.3) is 120 Å². The number of hydrogen-bond acceptors (Lipinski definition) is 0. The summed E-state index contributed by atoms with van der Waals surface area (Å²) in [6.45, 7) is 27.8. The molecule has 0 saturated carbocycles. The van der Waals surface area contributed by atoms with Crippen molar-refractivity contribution in [3.8, 4) is 33.4 Å². The maximum Gasteiger partial charge on any atom is 0.0697 e. The lowest BCUT2D eigenvalue weighted by Gasteiger charge is -2.21. The average Bonchev–Trinajstić information content (AvgIpc) is 3.64. The molecule has 12 aromatic carbocycles. The number of hydrogen-bond donors (Lipinski definition) is 0. The van der Waals surface area contributed by atoms with Gasteiger partial charge in [-0.2, -0.15) is 0 Å². The van der Waals surface area contributed by atoms with Crippen LogP contribution in [0.5, 0.6) is 0 Å². The van der Waals surface area contributed by atoms with Crippen LogP contribution < -0.4 is 0 Å². The van der Waals surface area contributed by atoms with Gasteiger partial charge < -0.3 is 0 Å². The van der Waals surface area contributed by atoms with Crippen molar-refractivity contribution in [1.82, 2.24) is 0 Å². The SMILES string of the molecule is CC(C)(C)c1ccc2c(ccc3cc(C(C)(C)C)ccc3[c+]2-c2c3ccccc3c(-c3c4ccccc4c(-[c+]4c5ccc(C(C)(C)C)cc5ccc5cc(C(C)(C)C)ccc54)c4ccccc34)c3ccccc23)c1. The molecule has 0 aliphatic rings. The van der Waals surface area contributed by atoms with Crippen LogP contribution >= 0.6 is 0 Å². The first-order chi connectivity index (χ1) is 35.3. The maximum absolute atomic E-state index is 2.44. The Morgan fingerprint density at radius 3 is 0.635 bits per heavy atom. The van der Waals surface area contributed by atoms with Crippen LogP contribution in [0.1, 0.15) is 105 Å². The first-order valence-corrected chi connectivity index (χ1v) is 26.8. The van der Waals surface area contributed by atoms with Gasteiger partial charge in [0.1, 0.15) is 0 Å². The van der Waals surface area contributed by atoms with E-state index in [1.165, 1.54) is 142 Å². The normalized spacial score (nSPS) is 12.9. The summed E-state index contributed by atoms with van der Waals surface area (Å²) in [4.78, 5) is 0. The van der Waals surface area contributed by atoms with Crippen LogP contribution in [-0.2, 0) is 21.7 Å². The molecule has 0 amide bonds. The Hall–Kier alpha value is -7.54. The maximum atomic E-state index is 2.44. The summed E-state index contributed by atoms with van der Waals surface area (Å²) in [5, 5.41) is 20.1. The molecule has 0 N–H and O–H groups in total. The molecule has 0 radical (unpaired) electrons. The monoisotopic (exact) mass is 957 g/mol. The largest absolute Gasteiger partial charge is 0.0697 e. The lowest BCUT2D eigenvalue weighted by Crippen LogP contribution is -2.10. The van der Waals surface area contributed by atoms with Crippen LogP contribution in [0.2, 0.25) is 0 Å². The summed E-state index contributed by atoms with van der Waals surface area (Å²) in [5.41, 5.74) is 13.0. The van der Waals surface area contributed by atoms with Crippen molar-refractivity contribution in [1.29, 1.82) is 0 Å². The third-order valence-electron chi connectivity index (χ3n) is 16.2. The molecular formula is C74H68+2. The lowest BCUT2D eigenvalue weighted by atomic mass is 9.79. The highest BCUT2D eigenvalue weighted by molar-refractivity contribution is 6.33. The molecule has 0 atom stereocenters. The number of benzene rings is 10. The van der Waals surface area contributed by atoms with E-state index in [9.17, 15) is 0 Å². The van der Waals surface area contributed by atoms with E-state index in [2.05, 4.69) is 277 Å². The van der Waals surface area contributed by atoms with Gasteiger partial charge in [-0.25, -0.2) is 0 Å². The van der Waals surface area contributed by atoms with E-state index < -0.39 is 0 Å². The third-order valence-corrected chi connectivity index (χ3v) is 16.2. The molecule has 0 unspecified atom stereocenters. The van der Waals surface area contributed by atoms with E-state index in [4.69, 9.17) is 0 Å². The Balaban J connectivity index is 1.24. The average molecular weight is 957 g/mol. The van der Waals surface area contributed by atoms with Gasteiger partial charge in [-0.3, -0.25) is 0 Å². The lowest BCUT2D eigenvalue weighted by molar-refractivity contribution is 0.591. The van der Waals surface area contributed by atoms with E-state index in [0.717, 1.165) is 0 Å². The highest BCUT2D eigenvalue weighted by Gasteiger charge is 2.30. The Morgan fingerprint density at radius 2 is 0.432 bits per heavy atom. The van der Waals surface area contributed by atoms with Crippen molar-refractivity contribution in [2.75, 3.05) is 0 Å². The molecule has 74 heavy (non-hydrogen) atoms. The predicted octanol–water partition coefficient (Wildman–Crippen LogP) is 21.7. The van der Waals surface area contributed by atoms with E-state index >= 15 is 0 Å². The van der Waals surface area contributed by atoms with Crippen molar-refractivity contribution in [2.24, 2.45) is 0 Å². The highest BCUT2D eigenvalue weighted by Crippen LogP contribution is 2.53. The van der Waals surface area contributed by atoms with Crippen LogP contribution in [0, 0.1) is 0 Å². The van der Waals surface area contributed by atoms with Crippen molar-refractivity contribution in [3.63, 3.8) is 0 Å². The number of rotatable bonds is 3. The second kappa shape index (κ2) is 17.0. The summed E-state index contributed by atoms with van der Waals surface area (Å²) < 4.78 is 0. The Morgan fingerprint density at radius 1 is 0.230 bits per heavy atom. The summed E-state index contributed by atoms with van der Waals surface area (Å²) in [7, 11) is 0. The summed E-state index contributed by atoms with van der Waals surface area (Å²) >= 11 is 0. The first-order valence-electron chi connectivity index (χ1n) is 26.8. The fraction of sp³-hybridized carbons (Fsp3) is 0.216. The fourth-order valence-corrected chi connectivity index (χ4v) is 12.1. The van der Waals surface area contributed by atoms with Gasteiger partial charge in [0.2, 0.25) is 0 Å². The zero-order valence-electron chi connectivity index (χ0n) is 45.5. The summed E-state index contributed by atoms with van der Waals surface area (Å²) in [6.07, 6.45) is 0. The molecule has 0 nitrogen and oxygen atoms in total. The molecule has 0 spiro atoms. The quantitative estimate of drug-likeness (QED) is 0.122. The standard InChI is InChI=1S/C74H68/c1-71(2,3)49-33-37-53-45(41-49)29-30-46-42-50(72(4,5)6)34-38-54(46)65(53)67-57-21-13-17-25-61(57)69(62-26-18-14-22-58(62)67)70-63-27-19-15-23-59(63)68(60-24-16-20-28-64(60)70)66-55-39-35-51(73(7,8)9)43-47(55)31-32-48-44-52(74(10,11)12)36-40-56(48)66/h13-44H,1-12H3/q+2. The van der Waals surface area contributed by atoms with Gasteiger partial charge in [-0.15, -0.1) is 0 Å². The van der Waals surface area contributed by atoms with Crippen LogP contribution in [-0.4, -0.2) is 0 Å². The Bertz CT molecular complexity index is 3770.